The van der Waals surface area contributed by atoms with Crippen molar-refractivity contribution >= 4 is 40.0 Å². The number of nitrogens with one attached hydrogen (secondary N) is 2. The average molecular weight is 410 g/mol. The molecule has 0 atom stereocenters. The number of aryl methyl sites for hydroxylation is 1. The van der Waals surface area contributed by atoms with Gasteiger partial charge in [-0.3, -0.25) is 10.1 Å². The van der Waals surface area contributed by atoms with Crippen LogP contribution in [0.4, 0.5) is 5.69 Å². The van der Waals surface area contributed by atoms with Crippen LogP contribution in [0.2, 0.25) is 0 Å². The van der Waals surface area contributed by atoms with E-state index in [2.05, 4.69) is 32.5 Å². The van der Waals surface area contributed by atoms with Crippen LogP contribution in [0.5, 0.6) is 5.88 Å². The number of amides is 1. The summed E-state index contributed by atoms with van der Waals surface area (Å²) in [6.45, 7) is 4.56. The standard InChI is InChI=1S/C21H23N5O2S/c1-3-4-5-11-28-18-9-8-16(13-23-18)25-21(29)26-20(27)17-12-15-7-6-10-22-19(15)24-14(17)2/h6-10,12-13H,3-5,11H2,1-2H3,(H2,25,26,27,29). The highest BCUT2D eigenvalue weighted by atomic mass is 32.1. The summed E-state index contributed by atoms with van der Waals surface area (Å²) in [6.07, 6.45) is 6.57. The lowest BCUT2D eigenvalue weighted by Crippen LogP contribution is -2.34. The van der Waals surface area contributed by atoms with Crippen molar-refractivity contribution in [2.45, 2.75) is 33.1 Å². The zero-order valence-corrected chi connectivity index (χ0v) is 17.3. The third kappa shape index (κ3) is 5.68. The SMILES string of the molecule is CCCCCOc1ccc(NC(=S)NC(=O)c2cc3cccnc3nc2C)cn1. The molecule has 0 aliphatic carbocycles. The Balaban J connectivity index is 1.57. The summed E-state index contributed by atoms with van der Waals surface area (Å²) >= 11 is 5.25. The van der Waals surface area contributed by atoms with E-state index in [0.29, 0.717) is 35.1 Å². The van der Waals surface area contributed by atoms with E-state index >= 15 is 0 Å². The second kappa shape index (κ2) is 9.88. The number of unbranched alkanes of at least 4 members (excludes halogenated alkanes) is 2. The molecule has 0 spiro atoms. The number of aromatic nitrogens is 3. The summed E-state index contributed by atoms with van der Waals surface area (Å²) in [6, 6.07) is 8.99. The Hall–Kier alpha value is -3.13. The predicted octanol–water partition coefficient (Wildman–Crippen LogP) is 4.03. The maximum atomic E-state index is 12.6. The molecule has 29 heavy (non-hydrogen) atoms. The highest BCUT2D eigenvalue weighted by Gasteiger charge is 2.13. The Labute approximate surface area is 174 Å². The van der Waals surface area contributed by atoms with Gasteiger partial charge < -0.3 is 10.1 Å². The summed E-state index contributed by atoms with van der Waals surface area (Å²) in [4.78, 5) is 25.4. The van der Waals surface area contributed by atoms with Crippen molar-refractivity contribution in [1.29, 1.82) is 0 Å². The molecule has 0 saturated carbocycles. The normalized spacial score (nSPS) is 10.6. The quantitative estimate of drug-likeness (QED) is 0.450. The molecule has 3 heterocycles. The monoisotopic (exact) mass is 409 g/mol. The Morgan fingerprint density at radius 1 is 1.21 bits per heavy atom. The van der Waals surface area contributed by atoms with Crippen LogP contribution < -0.4 is 15.4 Å². The topological polar surface area (TPSA) is 89.0 Å². The van der Waals surface area contributed by atoms with E-state index in [1.165, 1.54) is 0 Å². The van der Waals surface area contributed by atoms with Crippen molar-refractivity contribution in [2.24, 2.45) is 0 Å². The Bertz CT molecular complexity index is 1010. The fourth-order valence-corrected chi connectivity index (χ4v) is 2.94. The highest BCUT2D eigenvalue weighted by molar-refractivity contribution is 7.80. The molecular weight excluding hydrogens is 386 g/mol. The number of carbonyl (C=O) groups is 1. The number of thiocarbonyl (C=S) groups is 1. The van der Waals surface area contributed by atoms with E-state index in [0.717, 1.165) is 24.6 Å². The van der Waals surface area contributed by atoms with Crippen LogP contribution in [0, 0.1) is 6.92 Å². The van der Waals surface area contributed by atoms with E-state index in [1.54, 1.807) is 43.6 Å². The van der Waals surface area contributed by atoms with Gasteiger partial charge in [0.25, 0.3) is 5.91 Å². The summed E-state index contributed by atoms with van der Waals surface area (Å²) in [5, 5.41) is 6.60. The third-order valence-corrected chi connectivity index (χ3v) is 4.45. The van der Waals surface area contributed by atoms with Gasteiger partial charge in [-0.05, 0) is 49.8 Å². The van der Waals surface area contributed by atoms with Gasteiger partial charge in [-0.2, -0.15) is 0 Å². The predicted molar refractivity (Wildman–Crippen MR) is 117 cm³/mol. The fraction of sp³-hybridized carbons (Fsp3) is 0.286. The maximum Gasteiger partial charge on any atom is 0.259 e. The molecule has 0 aliphatic rings. The second-order valence-electron chi connectivity index (χ2n) is 6.52. The summed E-state index contributed by atoms with van der Waals surface area (Å²) in [7, 11) is 0. The number of fused-ring (bicyclic) bond motifs is 1. The lowest BCUT2D eigenvalue weighted by atomic mass is 10.1. The average Bonchev–Trinajstić information content (AvgIpc) is 2.71. The molecule has 3 aromatic rings. The number of ether oxygens (including phenoxy) is 1. The first-order valence-corrected chi connectivity index (χ1v) is 9.91. The molecule has 2 N–H and O–H groups in total. The van der Waals surface area contributed by atoms with Crippen molar-refractivity contribution in [2.75, 3.05) is 11.9 Å². The summed E-state index contributed by atoms with van der Waals surface area (Å²) < 4.78 is 5.59. The van der Waals surface area contributed by atoms with Gasteiger partial charge in [-0.1, -0.05) is 19.8 Å². The smallest absolute Gasteiger partial charge is 0.259 e. The van der Waals surface area contributed by atoms with Crippen molar-refractivity contribution in [3.63, 3.8) is 0 Å². The molecule has 3 rings (SSSR count). The minimum atomic E-state index is -0.331. The summed E-state index contributed by atoms with van der Waals surface area (Å²) in [5.74, 6) is 0.232. The van der Waals surface area contributed by atoms with E-state index in [9.17, 15) is 4.79 Å². The Kier molecular flexibility index (Phi) is 7.02. The first-order valence-electron chi connectivity index (χ1n) is 9.50. The molecule has 8 heteroatoms. The van der Waals surface area contributed by atoms with E-state index in [-0.39, 0.29) is 11.0 Å². The van der Waals surface area contributed by atoms with Crippen molar-refractivity contribution in [3.8, 4) is 5.88 Å². The van der Waals surface area contributed by atoms with Gasteiger partial charge in [0.2, 0.25) is 5.88 Å². The maximum absolute atomic E-state index is 12.6. The summed E-state index contributed by atoms with van der Waals surface area (Å²) in [5.41, 5.74) is 2.30. The largest absolute Gasteiger partial charge is 0.478 e. The minimum absolute atomic E-state index is 0.180. The number of nitrogens with zero attached hydrogens (tertiary/aromatic N) is 3. The lowest BCUT2D eigenvalue weighted by molar-refractivity contribution is 0.0977. The molecular formula is C21H23N5O2S. The van der Waals surface area contributed by atoms with E-state index in [4.69, 9.17) is 17.0 Å². The minimum Gasteiger partial charge on any atom is -0.478 e. The van der Waals surface area contributed by atoms with E-state index < -0.39 is 0 Å². The van der Waals surface area contributed by atoms with Crippen molar-refractivity contribution in [1.82, 2.24) is 20.3 Å². The molecule has 0 fully saturated rings. The lowest BCUT2D eigenvalue weighted by Gasteiger charge is -2.11. The number of carbonyl (C=O) groups excluding carboxylic acids is 1. The zero-order chi connectivity index (χ0) is 20.6. The second-order valence-corrected chi connectivity index (χ2v) is 6.93. The van der Waals surface area contributed by atoms with Gasteiger partial charge >= 0.3 is 0 Å². The van der Waals surface area contributed by atoms with Crippen LogP contribution in [-0.4, -0.2) is 32.6 Å². The molecule has 0 aromatic carbocycles. The fourth-order valence-electron chi connectivity index (χ4n) is 2.73. The highest BCUT2D eigenvalue weighted by Crippen LogP contribution is 2.15. The molecule has 7 nitrogen and oxygen atoms in total. The van der Waals surface area contributed by atoms with Gasteiger partial charge in [-0.15, -0.1) is 0 Å². The van der Waals surface area contributed by atoms with Crippen LogP contribution >= 0.6 is 12.2 Å². The Morgan fingerprint density at radius 2 is 2.07 bits per heavy atom. The molecule has 0 unspecified atom stereocenters. The first-order chi connectivity index (χ1) is 14.1. The van der Waals surface area contributed by atoms with Crippen LogP contribution in [0.15, 0.2) is 42.7 Å². The van der Waals surface area contributed by atoms with Gasteiger partial charge in [0.15, 0.2) is 10.8 Å². The van der Waals surface area contributed by atoms with Gasteiger partial charge in [0.05, 0.1) is 29.7 Å². The van der Waals surface area contributed by atoms with Crippen molar-refractivity contribution < 1.29 is 9.53 Å². The number of rotatable bonds is 7. The Morgan fingerprint density at radius 3 is 2.83 bits per heavy atom. The van der Waals surface area contributed by atoms with Gasteiger partial charge in [-0.25, -0.2) is 15.0 Å². The van der Waals surface area contributed by atoms with Crippen LogP contribution in [-0.2, 0) is 0 Å². The van der Waals surface area contributed by atoms with Crippen LogP contribution in [0.3, 0.4) is 0 Å². The molecule has 0 radical (unpaired) electrons. The molecule has 150 valence electrons. The van der Waals surface area contributed by atoms with Gasteiger partial charge in [0.1, 0.15) is 0 Å². The molecule has 0 bridgehead atoms. The third-order valence-electron chi connectivity index (χ3n) is 4.24. The number of hydrogen-bond acceptors (Lipinski definition) is 6. The van der Waals surface area contributed by atoms with E-state index in [1.807, 2.05) is 6.07 Å². The van der Waals surface area contributed by atoms with Crippen molar-refractivity contribution in [3.05, 3.63) is 54.0 Å². The molecule has 0 aliphatic heterocycles. The number of anilines is 1. The van der Waals surface area contributed by atoms with Crippen LogP contribution in [0.25, 0.3) is 11.0 Å². The van der Waals surface area contributed by atoms with Gasteiger partial charge in [0, 0.05) is 17.6 Å². The zero-order valence-electron chi connectivity index (χ0n) is 16.4. The van der Waals surface area contributed by atoms with Crippen LogP contribution in [0.1, 0.15) is 42.2 Å². The first kappa shape index (κ1) is 20.6. The molecule has 3 aromatic heterocycles. The number of hydrogen-bond donors (Lipinski definition) is 2. The number of pyridine rings is 3. The molecule has 0 saturated heterocycles. The molecule has 1 amide bonds.